The highest BCUT2D eigenvalue weighted by atomic mass is 14.3. The van der Waals surface area contributed by atoms with Crippen molar-refractivity contribution in [1.29, 1.82) is 0 Å². The first kappa shape index (κ1) is 51.4. The molecule has 2 unspecified atom stereocenters. The number of unbranched alkanes of at least 4 members (excludes halogenated alkanes) is 9. The second-order valence-electron chi connectivity index (χ2n) is 16.1. The molecule has 0 aromatic rings. The van der Waals surface area contributed by atoms with E-state index in [1.807, 2.05) is 0 Å². The molecule has 0 aliphatic heterocycles. The van der Waals surface area contributed by atoms with Crippen molar-refractivity contribution < 1.29 is 0 Å². The molecule has 0 bridgehead atoms. The van der Waals surface area contributed by atoms with E-state index in [1.165, 1.54) is 161 Å². The van der Waals surface area contributed by atoms with Gasteiger partial charge in [-0.3, -0.25) is 0 Å². The number of hydrogen-bond acceptors (Lipinski definition) is 0. The summed E-state index contributed by atoms with van der Waals surface area (Å²) in [6.45, 7) is 30.1. The van der Waals surface area contributed by atoms with Crippen LogP contribution in [-0.4, -0.2) is 0 Å². The first-order valence-corrected chi connectivity index (χ1v) is 22.8. The largest absolute Gasteiger partial charge is 0.0656 e. The van der Waals surface area contributed by atoms with E-state index in [2.05, 4.69) is 90.0 Å². The topological polar surface area (TPSA) is 0 Å². The van der Waals surface area contributed by atoms with Crippen LogP contribution in [0, 0.1) is 41.4 Å². The molecule has 0 heterocycles. The Kier molecular flexibility index (Phi) is 44.2. The van der Waals surface area contributed by atoms with Crippen LogP contribution in [0.5, 0.6) is 0 Å². The van der Waals surface area contributed by atoms with E-state index in [4.69, 9.17) is 0 Å². The van der Waals surface area contributed by atoms with E-state index in [1.54, 1.807) is 12.8 Å². The Morgan fingerprint density at radius 3 is 0.915 bits per heavy atom. The number of rotatable bonds is 23. The van der Waals surface area contributed by atoms with Gasteiger partial charge in [-0.25, -0.2) is 0 Å². The van der Waals surface area contributed by atoms with Crippen molar-refractivity contribution in [2.24, 2.45) is 41.4 Å². The van der Waals surface area contributed by atoms with Gasteiger partial charge in [0.25, 0.3) is 0 Å². The third-order valence-electron chi connectivity index (χ3n) is 11.8. The first-order chi connectivity index (χ1) is 22.8. The van der Waals surface area contributed by atoms with Gasteiger partial charge in [-0.1, -0.05) is 225 Å². The summed E-state index contributed by atoms with van der Waals surface area (Å²) in [7, 11) is 0. The monoisotopic (exact) mass is 665 g/mol. The normalized spacial score (nSPS) is 19.7. The van der Waals surface area contributed by atoms with Crippen LogP contribution >= 0.6 is 0 Å². The van der Waals surface area contributed by atoms with E-state index in [0.29, 0.717) is 0 Å². The molecule has 0 aromatic carbocycles. The minimum absolute atomic E-state index is 0.976. The Labute approximate surface area is 304 Å². The average molecular weight is 665 g/mol. The van der Waals surface area contributed by atoms with Crippen LogP contribution < -0.4 is 0 Å². The quantitative estimate of drug-likeness (QED) is 0.0954. The smallest absolute Gasteiger partial charge is 0.0409 e. The van der Waals surface area contributed by atoms with Crippen molar-refractivity contribution in [3.05, 3.63) is 0 Å². The molecule has 1 aliphatic carbocycles. The zero-order valence-corrected chi connectivity index (χ0v) is 36.1. The number of hydrogen-bond donors (Lipinski definition) is 0. The molecule has 1 saturated carbocycles. The molecule has 0 N–H and O–H groups in total. The molecule has 0 aromatic heterocycles. The van der Waals surface area contributed by atoms with Gasteiger partial charge in [-0.05, 0) is 80.0 Å². The van der Waals surface area contributed by atoms with Crippen molar-refractivity contribution in [1.82, 2.24) is 0 Å². The van der Waals surface area contributed by atoms with Crippen LogP contribution in [0.2, 0.25) is 0 Å². The van der Waals surface area contributed by atoms with Gasteiger partial charge in [0.15, 0.2) is 0 Å². The van der Waals surface area contributed by atoms with Crippen LogP contribution in [-0.2, 0) is 0 Å². The summed E-state index contributed by atoms with van der Waals surface area (Å²) in [5.41, 5.74) is 0. The Balaban J connectivity index is -0.000000666. The summed E-state index contributed by atoms with van der Waals surface area (Å²) in [6, 6.07) is 0. The van der Waals surface area contributed by atoms with Crippen LogP contribution in [0.3, 0.4) is 0 Å². The lowest BCUT2D eigenvalue weighted by Gasteiger charge is -2.34. The van der Waals surface area contributed by atoms with Gasteiger partial charge in [-0.15, -0.1) is 0 Å². The third kappa shape index (κ3) is 32.9. The molecule has 0 saturated heterocycles. The predicted octanol–water partition coefficient (Wildman–Crippen LogP) is 18.1. The Morgan fingerprint density at radius 2 is 0.617 bits per heavy atom. The molecule has 47 heavy (non-hydrogen) atoms. The molecule has 1 rings (SSSR count). The zero-order valence-electron chi connectivity index (χ0n) is 36.1. The Hall–Kier alpha value is 0. The summed E-state index contributed by atoms with van der Waals surface area (Å²) >= 11 is 0. The van der Waals surface area contributed by atoms with Gasteiger partial charge < -0.3 is 0 Å². The Morgan fingerprint density at radius 1 is 0.340 bits per heavy atom. The molecule has 0 heteroatoms. The summed E-state index contributed by atoms with van der Waals surface area (Å²) < 4.78 is 0. The molecule has 2 atom stereocenters. The molecule has 1 fully saturated rings. The SMILES string of the molecule is CCC.CCC(CC)CC(CC)CC(CC)CC.CCCCCCC.CCCCCCCCC1CC(CC)CC(CC)CC(CC)C1. The minimum atomic E-state index is 0.976. The summed E-state index contributed by atoms with van der Waals surface area (Å²) in [6.07, 6.45) is 38.7. The van der Waals surface area contributed by atoms with E-state index in [9.17, 15) is 0 Å². The van der Waals surface area contributed by atoms with Gasteiger partial charge in [-0.2, -0.15) is 0 Å². The molecular weight excluding hydrogens is 565 g/mol. The Bertz CT molecular complexity index is 494. The standard InChI is InChI=1S/C22H44.C15H32.C7H16.C3H8/c1-5-9-10-11-12-13-14-22-17-20(7-3)15-19(6-2)16-21(8-4)18-22;1-6-13(7-2)11-15(10-5)12-14(8-3)9-4;1-3-5-7-6-4-2;1-3-2/h19-22H,5-18H2,1-4H3;13-15H,6-12H2,1-5H3;3-7H2,1-2H3;3H2,1-2H3. The second-order valence-corrected chi connectivity index (χ2v) is 16.1. The van der Waals surface area contributed by atoms with Crippen molar-refractivity contribution in [2.75, 3.05) is 0 Å². The highest BCUT2D eigenvalue weighted by Gasteiger charge is 2.26. The summed E-state index contributed by atoms with van der Waals surface area (Å²) in [4.78, 5) is 0. The molecule has 0 spiro atoms. The van der Waals surface area contributed by atoms with E-state index in [0.717, 1.165) is 41.4 Å². The molecular formula is C47H100. The fraction of sp³-hybridized carbons (Fsp3) is 1.00. The van der Waals surface area contributed by atoms with Gasteiger partial charge in [0.1, 0.15) is 0 Å². The van der Waals surface area contributed by atoms with Gasteiger partial charge >= 0.3 is 0 Å². The van der Waals surface area contributed by atoms with Crippen LogP contribution in [0.15, 0.2) is 0 Å². The molecule has 0 nitrogen and oxygen atoms in total. The van der Waals surface area contributed by atoms with Crippen LogP contribution in [0.1, 0.15) is 263 Å². The fourth-order valence-electron chi connectivity index (χ4n) is 8.01. The highest BCUT2D eigenvalue weighted by molar-refractivity contribution is 4.78. The zero-order chi connectivity index (χ0) is 36.1. The maximum Gasteiger partial charge on any atom is -0.0409 e. The maximum absolute atomic E-state index is 2.43. The van der Waals surface area contributed by atoms with E-state index < -0.39 is 0 Å². The fourth-order valence-corrected chi connectivity index (χ4v) is 8.01. The highest BCUT2D eigenvalue weighted by Crippen LogP contribution is 2.39. The van der Waals surface area contributed by atoms with Gasteiger partial charge in [0, 0.05) is 0 Å². The molecule has 0 amide bonds. The maximum atomic E-state index is 2.43. The average Bonchev–Trinajstić information content (AvgIpc) is 3.08. The van der Waals surface area contributed by atoms with E-state index >= 15 is 0 Å². The van der Waals surface area contributed by atoms with Gasteiger partial charge in [0.05, 0.1) is 0 Å². The van der Waals surface area contributed by atoms with Crippen LogP contribution in [0.4, 0.5) is 0 Å². The summed E-state index contributed by atoms with van der Waals surface area (Å²) in [5, 5.41) is 0. The lowest BCUT2D eigenvalue weighted by Crippen LogP contribution is -2.22. The van der Waals surface area contributed by atoms with Crippen LogP contribution in [0.25, 0.3) is 0 Å². The van der Waals surface area contributed by atoms with Crippen molar-refractivity contribution >= 4 is 0 Å². The lowest BCUT2D eigenvalue weighted by molar-refractivity contribution is 0.177. The summed E-state index contributed by atoms with van der Waals surface area (Å²) in [5.74, 6) is 7.04. The van der Waals surface area contributed by atoms with Crippen molar-refractivity contribution in [3.8, 4) is 0 Å². The van der Waals surface area contributed by atoms with E-state index in [-0.39, 0.29) is 0 Å². The second kappa shape index (κ2) is 40.4. The van der Waals surface area contributed by atoms with Gasteiger partial charge in [0.2, 0.25) is 0 Å². The van der Waals surface area contributed by atoms with Crippen molar-refractivity contribution in [2.45, 2.75) is 263 Å². The predicted molar refractivity (Wildman–Crippen MR) is 223 cm³/mol. The van der Waals surface area contributed by atoms with Crippen molar-refractivity contribution in [3.63, 3.8) is 0 Å². The molecule has 288 valence electrons. The minimum Gasteiger partial charge on any atom is -0.0656 e. The lowest BCUT2D eigenvalue weighted by atomic mass is 9.72. The third-order valence-corrected chi connectivity index (χ3v) is 11.8. The molecule has 1 aliphatic rings. The molecule has 0 radical (unpaired) electrons. The first-order valence-electron chi connectivity index (χ1n) is 22.8.